The third-order valence-electron chi connectivity index (χ3n) is 3.61. The van der Waals surface area contributed by atoms with Crippen molar-refractivity contribution in [3.8, 4) is 11.1 Å². The predicted octanol–water partition coefficient (Wildman–Crippen LogP) is 3.48. The Morgan fingerprint density at radius 3 is 2.33 bits per heavy atom. The Bertz CT molecular complexity index is 750. The van der Waals surface area contributed by atoms with Gasteiger partial charge in [0.25, 0.3) is 0 Å². The quantitative estimate of drug-likeness (QED) is 0.353. The van der Waals surface area contributed by atoms with Crippen molar-refractivity contribution in [2.75, 3.05) is 0 Å². The van der Waals surface area contributed by atoms with Gasteiger partial charge < -0.3 is 5.73 Å². The van der Waals surface area contributed by atoms with E-state index in [0.29, 0.717) is 17.2 Å². The molecule has 0 saturated carbocycles. The monoisotopic (exact) mass is 458 g/mol. The minimum atomic E-state index is -3.11. The molecule has 2 aromatic carbocycles. The number of hydrogen-bond donors (Lipinski definition) is 3. The molecule has 130 valence electrons. The van der Waals surface area contributed by atoms with Crippen molar-refractivity contribution in [1.82, 2.24) is 4.72 Å². The first-order chi connectivity index (χ1) is 11.3. The van der Waals surface area contributed by atoms with Crippen LogP contribution in [0.2, 0.25) is 0 Å². The van der Waals surface area contributed by atoms with Crippen LogP contribution in [0, 0.1) is 5.92 Å². The minimum absolute atomic E-state index is 0.302. The van der Waals surface area contributed by atoms with Gasteiger partial charge in [0.15, 0.2) is 0 Å². The van der Waals surface area contributed by atoms with E-state index >= 15 is 0 Å². The fourth-order valence-corrected chi connectivity index (χ4v) is 5.82. The van der Waals surface area contributed by atoms with Gasteiger partial charge in [0.1, 0.15) is 0 Å². The first-order valence-corrected chi connectivity index (χ1v) is 12.3. The van der Waals surface area contributed by atoms with Gasteiger partial charge >= 0.3 is 0 Å². The molecule has 0 radical (unpaired) electrons. The Morgan fingerprint density at radius 2 is 1.71 bits per heavy atom. The highest BCUT2D eigenvalue weighted by Gasteiger charge is 2.24. The summed E-state index contributed by atoms with van der Waals surface area (Å²) < 4.78 is 15.9. The summed E-state index contributed by atoms with van der Waals surface area (Å²) in [6.45, 7) is 4.00. The number of rotatable bonds is 6. The number of carbonyl (C=O) groups is 1. The molecular formula is C18H23IN2O2S. The third kappa shape index (κ3) is 4.87. The van der Waals surface area contributed by atoms with Crippen LogP contribution in [-0.2, 0) is 12.1 Å². The van der Waals surface area contributed by atoms with Crippen molar-refractivity contribution in [1.29, 1.82) is 0 Å². The molecule has 0 bridgehead atoms. The molecule has 0 aliphatic rings. The van der Waals surface area contributed by atoms with Gasteiger partial charge in [-0.3, -0.25) is 13.7 Å². The van der Waals surface area contributed by atoms with Gasteiger partial charge in [-0.1, -0.05) is 62.4 Å². The Kier molecular flexibility index (Phi) is 6.54. The van der Waals surface area contributed by atoms with E-state index in [1.807, 2.05) is 83.6 Å². The van der Waals surface area contributed by atoms with Crippen LogP contribution >= 0.6 is 21.2 Å². The van der Waals surface area contributed by atoms with E-state index in [-0.39, 0.29) is 5.91 Å². The number of nitrogens with two attached hydrogens (primary N) is 1. The topological polar surface area (TPSA) is 72.2 Å². The van der Waals surface area contributed by atoms with Gasteiger partial charge in [-0.25, -0.2) is 0 Å². The maximum atomic E-state index is 13.2. The average molecular weight is 458 g/mol. The van der Waals surface area contributed by atoms with Gasteiger partial charge in [0, 0.05) is 33.4 Å². The summed E-state index contributed by atoms with van der Waals surface area (Å²) in [4.78, 5) is 12.9. The molecule has 1 atom stereocenters. The second-order valence-electron chi connectivity index (χ2n) is 6.13. The van der Waals surface area contributed by atoms with Crippen molar-refractivity contribution in [3.05, 3.63) is 54.6 Å². The molecule has 0 aliphatic carbocycles. The first kappa shape index (κ1) is 19.1. The Hall–Kier alpha value is -1.25. The van der Waals surface area contributed by atoms with Gasteiger partial charge in [-0.05, 0) is 29.5 Å². The number of nitrogens with one attached hydrogen (secondary N) is 1. The fraction of sp³-hybridized carbons (Fsp3) is 0.278. The van der Waals surface area contributed by atoms with Crippen molar-refractivity contribution in [2.45, 2.75) is 31.2 Å². The molecule has 0 spiro atoms. The molecule has 3 N–H and O–H groups in total. The Balaban J connectivity index is 2.30. The minimum Gasteiger partial charge on any atom is -0.320 e. The fourth-order valence-electron chi connectivity index (χ4n) is 2.49. The van der Waals surface area contributed by atoms with Crippen LogP contribution in [-0.4, -0.2) is 16.2 Å². The van der Waals surface area contributed by atoms with E-state index in [2.05, 4.69) is 4.72 Å². The number of hydrogen-bond acceptors (Lipinski definition) is 3. The molecule has 0 unspecified atom stereocenters. The molecule has 4 nitrogen and oxygen atoms in total. The zero-order valence-electron chi connectivity index (χ0n) is 13.8. The predicted molar refractivity (Wildman–Crippen MR) is 109 cm³/mol. The number of carbonyl (C=O) groups excluding carboxylic acids is 1. The van der Waals surface area contributed by atoms with E-state index in [0.717, 1.165) is 11.1 Å². The standard InChI is InChI=1S/C18H23IN2O2S/c1-13(2)12-16(20)18(22)21-24(19,23)17-11-7-6-10-15(17)14-8-4-3-5-9-14/h3-11,13,16,24H,12,20H2,1-2H3,(H,21,22,23)/t16-/m0/s1. The van der Waals surface area contributed by atoms with Gasteiger partial charge in [0.05, 0.1) is 6.04 Å². The lowest BCUT2D eigenvalue weighted by atomic mass is 10.0. The van der Waals surface area contributed by atoms with Crippen LogP contribution in [0.25, 0.3) is 11.1 Å². The van der Waals surface area contributed by atoms with Gasteiger partial charge in [-0.15, -0.1) is 0 Å². The molecule has 2 rings (SSSR count). The van der Waals surface area contributed by atoms with Crippen LogP contribution < -0.4 is 10.5 Å². The van der Waals surface area contributed by atoms with E-state index in [1.54, 1.807) is 6.07 Å². The highest BCUT2D eigenvalue weighted by molar-refractivity contribution is 14.2. The number of halogens is 1. The second-order valence-corrected chi connectivity index (χ2v) is 12.0. The lowest BCUT2D eigenvalue weighted by Gasteiger charge is -2.24. The Morgan fingerprint density at radius 1 is 1.12 bits per heavy atom. The van der Waals surface area contributed by atoms with Crippen molar-refractivity contribution >= 4 is 34.4 Å². The summed E-state index contributed by atoms with van der Waals surface area (Å²) in [5.41, 5.74) is 7.73. The van der Waals surface area contributed by atoms with Crippen molar-refractivity contribution in [2.24, 2.45) is 11.7 Å². The molecule has 24 heavy (non-hydrogen) atoms. The van der Waals surface area contributed by atoms with Crippen LogP contribution in [0.15, 0.2) is 59.5 Å². The summed E-state index contributed by atoms with van der Waals surface area (Å²) >= 11 is 1.84. The lowest BCUT2D eigenvalue weighted by Crippen LogP contribution is -2.44. The summed E-state index contributed by atoms with van der Waals surface area (Å²) in [5, 5.41) is 0. The molecule has 0 aliphatic heterocycles. The summed E-state index contributed by atoms with van der Waals surface area (Å²) in [7, 11) is -3.11. The van der Waals surface area contributed by atoms with Gasteiger partial charge in [0.2, 0.25) is 5.91 Å². The highest BCUT2D eigenvalue weighted by Crippen LogP contribution is 2.33. The molecule has 2 aromatic rings. The second kappa shape index (κ2) is 8.22. The van der Waals surface area contributed by atoms with E-state index < -0.39 is 13.3 Å². The zero-order chi connectivity index (χ0) is 17.7. The van der Waals surface area contributed by atoms with Crippen molar-refractivity contribution < 1.29 is 9.00 Å². The molecule has 0 heterocycles. The van der Waals surface area contributed by atoms with Gasteiger partial charge in [-0.2, -0.15) is 0 Å². The summed E-state index contributed by atoms with van der Waals surface area (Å²) in [6.07, 6.45) is 0.558. The first-order valence-electron chi connectivity index (χ1n) is 7.83. The molecule has 0 saturated heterocycles. The molecule has 0 aromatic heterocycles. The van der Waals surface area contributed by atoms with Crippen LogP contribution in [0.4, 0.5) is 0 Å². The SMILES string of the molecule is CC(C)C[C@H](N)C(=O)N[SH](=O)(I)c1ccccc1-c1ccccc1. The molecule has 1 amide bonds. The average Bonchev–Trinajstić information content (AvgIpc) is 2.54. The maximum absolute atomic E-state index is 13.2. The molecule has 6 heteroatoms. The number of benzene rings is 2. The number of thiol groups is 1. The Labute approximate surface area is 156 Å². The lowest BCUT2D eigenvalue weighted by molar-refractivity contribution is -0.120. The van der Waals surface area contributed by atoms with Crippen LogP contribution in [0.3, 0.4) is 0 Å². The van der Waals surface area contributed by atoms with Crippen LogP contribution in [0.5, 0.6) is 0 Å². The van der Waals surface area contributed by atoms with Crippen LogP contribution in [0.1, 0.15) is 20.3 Å². The van der Waals surface area contributed by atoms with E-state index in [9.17, 15) is 9.00 Å². The zero-order valence-corrected chi connectivity index (χ0v) is 16.8. The number of amides is 1. The smallest absolute Gasteiger partial charge is 0.247 e. The van der Waals surface area contributed by atoms with Crippen molar-refractivity contribution in [3.63, 3.8) is 0 Å². The summed E-state index contributed by atoms with van der Waals surface area (Å²) in [5.74, 6) is -0.0692. The summed E-state index contributed by atoms with van der Waals surface area (Å²) in [6, 6.07) is 16.5. The van der Waals surface area contributed by atoms with E-state index in [1.165, 1.54) is 0 Å². The highest BCUT2D eigenvalue weighted by atomic mass is 127. The largest absolute Gasteiger partial charge is 0.320 e. The third-order valence-corrected chi connectivity index (χ3v) is 7.42. The normalized spacial score (nSPS) is 13.5. The van der Waals surface area contributed by atoms with E-state index in [4.69, 9.17) is 5.73 Å². The molecule has 0 fully saturated rings. The molecular weight excluding hydrogens is 435 g/mol. The maximum Gasteiger partial charge on any atom is 0.247 e.